The van der Waals surface area contributed by atoms with E-state index >= 15 is 0 Å². The fourth-order valence-corrected chi connectivity index (χ4v) is 2.60. The van der Waals surface area contributed by atoms with E-state index in [2.05, 4.69) is 4.98 Å². The van der Waals surface area contributed by atoms with Crippen molar-refractivity contribution in [3.63, 3.8) is 0 Å². The van der Waals surface area contributed by atoms with Gasteiger partial charge < -0.3 is 35.6 Å². The Kier molecular flexibility index (Phi) is 4.17. The van der Waals surface area contributed by atoms with Crippen molar-refractivity contribution in [1.29, 1.82) is 0 Å². The van der Waals surface area contributed by atoms with Gasteiger partial charge in [-0.05, 0) is 6.07 Å². The largest absolute Gasteiger partial charge is 0.387 e. The van der Waals surface area contributed by atoms with Gasteiger partial charge in [0.1, 0.15) is 24.1 Å². The number of hydrogen-bond donors (Lipinski definition) is 6. The first-order valence-electron chi connectivity index (χ1n) is 5.72. The molecule has 7 N–H and O–H groups in total. The first-order valence-corrected chi connectivity index (χ1v) is 7.40. The van der Waals surface area contributed by atoms with E-state index in [1.165, 1.54) is 6.07 Å². The molecule has 12 heteroatoms. The first-order chi connectivity index (χ1) is 9.62. The number of nitrogen functional groups attached to an aromatic ring is 1. The normalized spacial score (nSPS) is 31.3. The molecule has 0 spiro atoms. The molecular weight excluding hydrogens is 309 g/mol. The average molecular weight is 323 g/mol. The highest BCUT2D eigenvalue weighted by Crippen LogP contribution is 2.46. The van der Waals surface area contributed by atoms with Crippen LogP contribution < -0.4 is 11.4 Å². The van der Waals surface area contributed by atoms with Crippen molar-refractivity contribution in [1.82, 2.24) is 9.55 Å². The van der Waals surface area contributed by atoms with Crippen LogP contribution in [0.4, 0.5) is 5.82 Å². The predicted octanol–water partition coefficient (Wildman–Crippen LogP) is -3.06. The second-order valence-electron chi connectivity index (χ2n) is 4.52. The standard InChI is InChI=1S/C9H14N3O8P/c10-3-1-2-12(9(16)11-3)7-5(14)4(13)6(20-7)8(15)21(17,18)19/h1-2,4-8,13-15H,(H2,10,11,16)(H2,17,18,19)/t4-,5-,6-,7+,8-/m0/s1. The molecule has 0 unspecified atom stereocenters. The molecule has 1 fully saturated rings. The van der Waals surface area contributed by atoms with Crippen LogP contribution in [0.25, 0.3) is 0 Å². The average Bonchev–Trinajstić information content (AvgIpc) is 2.65. The van der Waals surface area contributed by atoms with Crippen molar-refractivity contribution in [2.24, 2.45) is 0 Å². The number of aliphatic hydroxyl groups is 3. The Morgan fingerprint density at radius 3 is 2.52 bits per heavy atom. The highest BCUT2D eigenvalue weighted by Gasteiger charge is 2.51. The number of rotatable bonds is 3. The molecule has 1 saturated heterocycles. The lowest BCUT2D eigenvalue weighted by Gasteiger charge is -2.21. The van der Waals surface area contributed by atoms with Crippen LogP contribution >= 0.6 is 7.60 Å². The van der Waals surface area contributed by atoms with Crippen LogP contribution in [0, 0.1) is 0 Å². The summed E-state index contributed by atoms with van der Waals surface area (Å²) in [5.74, 6) is -2.42. The van der Waals surface area contributed by atoms with Crippen LogP contribution in [0.3, 0.4) is 0 Å². The lowest BCUT2D eigenvalue weighted by Crippen LogP contribution is -2.39. The molecule has 0 saturated carbocycles. The van der Waals surface area contributed by atoms with Crippen molar-refractivity contribution in [2.75, 3.05) is 5.73 Å². The number of nitrogens with zero attached hydrogens (tertiary/aromatic N) is 2. The zero-order chi connectivity index (χ0) is 15.9. The SMILES string of the molecule is Nc1ccn([C@@H]2O[C@H]([C@@H](O)P(=O)(O)O)[C@@H](O)[C@@H]2O)c(=O)n1. The lowest BCUT2D eigenvalue weighted by molar-refractivity contribution is -0.0694. The molecule has 118 valence electrons. The number of anilines is 1. The zero-order valence-corrected chi connectivity index (χ0v) is 11.3. The fraction of sp³-hybridized carbons (Fsp3) is 0.556. The van der Waals surface area contributed by atoms with E-state index in [9.17, 15) is 24.7 Å². The summed E-state index contributed by atoms with van der Waals surface area (Å²) < 4.78 is 16.8. The summed E-state index contributed by atoms with van der Waals surface area (Å²) in [6.07, 6.45) is -5.60. The summed E-state index contributed by atoms with van der Waals surface area (Å²) in [4.78, 5) is 32.8. The molecule has 0 amide bonds. The van der Waals surface area contributed by atoms with Crippen LogP contribution in [0.5, 0.6) is 0 Å². The van der Waals surface area contributed by atoms with E-state index < -0.39 is 43.7 Å². The van der Waals surface area contributed by atoms with Gasteiger partial charge in [0.25, 0.3) is 0 Å². The maximum atomic E-state index is 11.6. The van der Waals surface area contributed by atoms with Gasteiger partial charge in [-0.15, -0.1) is 0 Å². The third-order valence-electron chi connectivity index (χ3n) is 3.04. The molecule has 1 aromatic heterocycles. The van der Waals surface area contributed by atoms with Gasteiger partial charge in [0, 0.05) is 6.20 Å². The van der Waals surface area contributed by atoms with Gasteiger partial charge in [-0.25, -0.2) is 4.79 Å². The van der Waals surface area contributed by atoms with E-state index in [1.807, 2.05) is 0 Å². The molecule has 0 aliphatic carbocycles. The van der Waals surface area contributed by atoms with E-state index in [0.29, 0.717) is 0 Å². The van der Waals surface area contributed by atoms with Gasteiger partial charge in [0.05, 0.1) is 0 Å². The Hall–Kier alpha value is -1.33. The summed E-state index contributed by atoms with van der Waals surface area (Å²) in [5, 5.41) is 29.0. The maximum absolute atomic E-state index is 11.6. The predicted molar refractivity (Wildman–Crippen MR) is 66.9 cm³/mol. The number of nitrogens with two attached hydrogens (primary N) is 1. The molecule has 0 bridgehead atoms. The minimum absolute atomic E-state index is 0.0731. The van der Waals surface area contributed by atoms with Crippen LogP contribution in [-0.4, -0.2) is 58.8 Å². The highest BCUT2D eigenvalue weighted by molar-refractivity contribution is 7.52. The van der Waals surface area contributed by atoms with Crippen molar-refractivity contribution in [2.45, 2.75) is 30.4 Å². The molecule has 1 aromatic rings. The Labute approximate surface area is 117 Å². The third-order valence-corrected chi connectivity index (χ3v) is 4.02. The van der Waals surface area contributed by atoms with Gasteiger partial charge >= 0.3 is 13.3 Å². The Morgan fingerprint density at radius 2 is 2.00 bits per heavy atom. The van der Waals surface area contributed by atoms with Gasteiger partial charge in [0.2, 0.25) is 0 Å². The van der Waals surface area contributed by atoms with Crippen molar-refractivity contribution < 1.29 is 34.4 Å². The third kappa shape index (κ3) is 2.99. The molecular formula is C9H14N3O8P. The quantitative estimate of drug-likeness (QED) is 0.311. The van der Waals surface area contributed by atoms with Gasteiger partial charge in [0.15, 0.2) is 12.1 Å². The molecule has 5 atom stereocenters. The van der Waals surface area contributed by atoms with E-state index in [1.54, 1.807) is 0 Å². The summed E-state index contributed by atoms with van der Waals surface area (Å²) in [6.45, 7) is 0. The molecule has 2 rings (SSSR count). The van der Waals surface area contributed by atoms with Crippen LogP contribution in [0.15, 0.2) is 17.1 Å². The summed E-state index contributed by atoms with van der Waals surface area (Å²) in [6, 6.07) is 1.23. The first kappa shape index (κ1) is 16.0. The number of aliphatic hydroxyl groups excluding tert-OH is 3. The minimum Gasteiger partial charge on any atom is -0.387 e. The topological polar surface area (TPSA) is 188 Å². The van der Waals surface area contributed by atoms with Crippen molar-refractivity contribution in [3.05, 3.63) is 22.7 Å². The second-order valence-corrected chi connectivity index (χ2v) is 6.22. The maximum Gasteiger partial charge on any atom is 0.356 e. The van der Waals surface area contributed by atoms with E-state index in [-0.39, 0.29) is 5.82 Å². The van der Waals surface area contributed by atoms with Crippen LogP contribution in [0.1, 0.15) is 6.23 Å². The smallest absolute Gasteiger partial charge is 0.356 e. The van der Waals surface area contributed by atoms with Gasteiger partial charge in [-0.2, -0.15) is 4.98 Å². The van der Waals surface area contributed by atoms with Crippen LogP contribution in [-0.2, 0) is 9.30 Å². The molecule has 0 radical (unpaired) electrons. The van der Waals surface area contributed by atoms with Crippen molar-refractivity contribution >= 4 is 13.4 Å². The lowest BCUT2D eigenvalue weighted by atomic mass is 10.1. The van der Waals surface area contributed by atoms with Gasteiger partial charge in [-0.3, -0.25) is 9.13 Å². The second kappa shape index (κ2) is 5.46. The summed E-state index contributed by atoms with van der Waals surface area (Å²) >= 11 is 0. The fourth-order valence-electron chi connectivity index (χ4n) is 1.97. The molecule has 0 aromatic carbocycles. The van der Waals surface area contributed by atoms with Crippen molar-refractivity contribution in [3.8, 4) is 0 Å². The summed E-state index contributed by atoms with van der Waals surface area (Å²) in [5.41, 5.74) is 4.41. The monoisotopic (exact) mass is 323 g/mol. The molecule has 1 aliphatic rings. The number of aromatic nitrogens is 2. The minimum atomic E-state index is -4.97. The van der Waals surface area contributed by atoms with E-state index in [4.69, 9.17) is 20.3 Å². The Morgan fingerprint density at radius 1 is 1.38 bits per heavy atom. The van der Waals surface area contributed by atoms with Crippen LogP contribution in [0.2, 0.25) is 0 Å². The molecule has 1 aliphatic heterocycles. The Bertz CT molecular complexity index is 630. The molecule has 11 nitrogen and oxygen atoms in total. The Balaban J connectivity index is 2.32. The highest BCUT2D eigenvalue weighted by atomic mass is 31.2. The zero-order valence-electron chi connectivity index (χ0n) is 10.4. The number of hydrogen-bond acceptors (Lipinski definition) is 8. The molecule has 2 heterocycles. The van der Waals surface area contributed by atoms with E-state index in [0.717, 1.165) is 10.8 Å². The van der Waals surface area contributed by atoms with Gasteiger partial charge in [-0.1, -0.05) is 0 Å². The summed E-state index contributed by atoms with van der Waals surface area (Å²) in [7, 11) is -4.97. The molecule has 21 heavy (non-hydrogen) atoms. The number of ether oxygens (including phenoxy) is 1.